The van der Waals surface area contributed by atoms with Crippen LogP contribution in [0.2, 0.25) is 0 Å². The Bertz CT molecular complexity index is 559. The highest BCUT2D eigenvalue weighted by atomic mass is 16.2. The third-order valence-corrected chi connectivity index (χ3v) is 5.03. The summed E-state index contributed by atoms with van der Waals surface area (Å²) in [6.07, 6.45) is 2.72. The van der Waals surface area contributed by atoms with E-state index in [1.807, 2.05) is 24.3 Å². The van der Waals surface area contributed by atoms with Gasteiger partial charge in [0.2, 0.25) is 5.91 Å². The number of carbonyl (C=O) groups is 2. The molecule has 2 N–H and O–H groups in total. The van der Waals surface area contributed by atoms with E-state index in [0.29, 0.717) is 18.0 Å². The predicted octanol–water partition coefficient (Wildman–Crippen LogP) is 2.92. The summed E-state index contributed by atoms with van der Waals surface area (Å²) in [6.45, 7) is 9.13. The third kappa shape index (κ3) is 3.74. The van der Waals surface area contributed by atoms with Gasteiger partial charge in [0, 0.05) is 17.5 Å². The number of amides is 2. The second-order valence-corrected chi connectivity index (χ2v) is 6.99. The first-order valence-corrected chi connectivity index (χ1v) is 8.59. The number of rotatable bonds is 6. The lowest BCUT2D eigenvalue weighted by Crippen LogP contribution is -2.48. The molecule has 126 valence electrons. The standard InChI is InChI=1S/C19H28N2O2/c1-5-19(6-2)12-20-18(23)16(19)21-17(22)15-9-7-14(8-10-15)11-13(3)4/h7-10,13,16H,5-6,11-12H2,1-4H3,(H,20,23)(H,21,22). The number of hydrogen-bond donors (Lipinski definition) is 2. The quantitative estimate of drug-likeness (QED) is 0.848. The van der Waals surface area contributed by atoms with Gasteiger partial charge >= 0.3 is 0 Å². The zero-order valence-corrected chi connectivity index (χ0v) is 14.6. The molecule has 0 saturated carbocycles. The van der Waals surface area contributed by atoms with E-state index in [2.05, 4.69) is 38.3 Å². The molecule has 0 aromatic heterocycles. The van der Waals surface area contributed by atoms with E-state index >= 15 is 0 Å². The van der Waals surface area contributed by atoms with Gasteiger partial charge in [0.25, 0.3) is 5.91 Å². The van der Waals surface area contributed by atoms with E-state index in [1.54, 1.807) is 0 Å². The van der Waals surface area contributed by atoms with E-state index in [4.69, 9.17) is 0 Å². The van der Waals surface area contributed by atoms with Crippen molar-refractivity contribution in [3.8, 4) is 0 Å². The third-order valence-electron chi connectivity index (χ3n) is 5.03. The Balaban J connectivity index is 2.10. The largest absolute Gasteiger partial charge is 0.354 e. The Morgan fingerprint density at radius 1 is 1.26 bits per heavy atom. The van der Waals surface area contributed by atoms with E-state index < -0.39 is 6.04 Å². The Labute approximate surface area is 139 Å². The number of carbonyl (C=O) groups excluding carboxylic acids is 2. The molecule has 0 aliphatic carbocycles. The van der Waals surface area contributed by atoms with Gasteiger partial charge in [-0.3, -0.25) is 9.59 Å². The van der Waals surface area contributed by atoms with Crippen molar-refractivity contribution in [3.63, 3.8) is 0 Å². The molecule has 2 rings (SSSR count). The van der Waals surface area contributed by atoms with Crippen LogP contribution < -0.4 is 10.6 Å². The van der Waals surface area contributed by atoms with Crippen molar-refractivity contribution in [2.75, 3.05) is 6.54 Å². The van der Waals surface area contributed by atoms with E-state index in [-0.39, 0.29) is 17.2 Å². The summed E-state index contributed by atoms with van der Waals surface area (Å²) in [6, 6.07) is 7.24. The maximum absolute atomic E-state index is 12.5. The molecule has 0 bridgehead atoms. The Morgan fingerprint density at radius 3 is 2.39 bits per heavy atom. The van der Waals surface area contributed by atoms with Crippen LogP contribution in [0.1, 0.15) is 56.5 Å². The molecule has 1 saturated heterocycles. The minimum absolute atomic E-state index is 0.0709. The normalized spacial score (nSPS) is 19.7. The summed E-state index contributed by atoms with van der Waals surface area (Å²) in [5, 5.41) is 5.84. The second kappa shape index (κ2) is 7.16. The van der Waals surface area contributed by atoms with Crippen molar-refractivity contribution in [3.05, 3.63) is 35.4 Å². The molecule has 1 aromatic rings. The number of hydrogen-bond acceptors (Lipinski definition) is 2. The summed E-state index contributed by atoms with van der Waals surface area (Å²) in [4.78, 5) is 24.6. The highest BCUT2D eigenvalue weighted by molar-refractivity contribution is 5.98. The molecule has 1 unspecified atom stereocenters. The topological polar surface area (TPSA) is 58.2 Å². The van der Waals surface area contributed by atoms with Crippen molar-refractivity contribution in [2.45, 2.75) is 53.0 Å². The van der Waals surface area contributed by atoms with E-state index in [9.17, 15) is 9.59 Å². The van der Waals surface area contributed by atoms with E-state index in [0.717, 1.165) is 19.3 Å². The first-order chi connectivity index (χ1) is 10.9. The zero-order chi connectivity index (χ0) is 17.0. The van der Waals surface area contributed by atoms with Gasteiger partial charge in [0.05, 0.1) is 0 Å². The molecule has 1 heterocycles. The molecule has 23 heavy (non-hydrogen) atoms. The Morgan fingerprint density at radius 2 is 1.87 bits per heavy atom. The number of benzene rings is 1. The Kier molecular flexibility index (Phi) is 5.45. The van der Waals surface area contributed by atoms with Crippen LogP contribution in [0.4, 0.5) is 0 Å². The molecular weight excluding hydrogens is 288 g/mol. The zero-order valence-electron chi connectivity index (χ0n) is 14.6. The van der Waals surface area contributed by atoms with Crippen molar-refractivity contribution < 1.29 is 9.59 Å². The van der Waals surface area contributed by atoms with Crippen LogP contribution in [0.15, 0.2) is 24.3 Å². The van der Waals surface area contributed by atoms with Gasteiger partial charge in [0.15, 0.2) is 0 Å². The average Bonchev–Trinajstić information content (AvgIpc) is 2.84. The van der Waals surface area contributed by atoms with Crippen molar-refractivity contribution >= 4 is 11.8 Å². The van der Waals surface area contributed by atoms with E-state index in [1.165, 1.54) is 5.56 Å². The summed E-state index contributed by atoms with van der Waals surface area (Å²) in [7, 11) is 0. The lowest BCUT2D eigenvalue weighted by molar-refractivity contribution is -0.121. The fourth-order valence-corrected chi connectivity index (χ4v) is 3.35. The van der Waals surface area contributed by atoms with Gasteiger partial charge in [0.1, 0.15) is 6.04 Å². The second-order valence-electron chi connectivity index (χ2n) is 6.99. The van der Waals surface area contributed by atoms with Crippen LogP contribution in [0.25, 0.3) is 0 Å². The maximum atomic E-state index is 12.5. The summed E-state index contributed by atoms with van der Waals surface area (Å²) < 4.78 is 0. The van der Waals surface area contributed by atoms with Gasteiger partial charge in [-0.25, -0.2) is 0 Å². The Hall–Kier alpha value is -1.84. The molecule has 4 nitrogen and oxygen atoms in total. The summed E-state index contributed by atoms with van der Waals surface area (Å²) >= 11 is 0. The predicted molar refractivity (Wildman–Crippen MR) is 92.3 cm³/mol. The fourth-order valence-electron chi connectivity index (χ4n) is 3.35. The minimum atomic E-state index is -0.444. The van der Waals surface area contributed by atoms with Crippen LogP contribution in [0.3, 0.4) is 0 Å². The fraction of sp³-hybridized carbons (Fsp3) is 0.579. The lowest BCUT2D eigenvalue weighted by atomic mass is 9.77. The van der Waals surface area contributed by atoms with Crippen LogP contribution in [0, 0.1) is 11.3 Å². The molecule has 0 radical (unpaired) electrons. The smallest absolute Gasteiger partial charge is 0.251 e. The van der Waals surface area contributed by atoms with Gasteiger partial charge in [-0.1, -0.05) is 39.8 Å². The van der Waals surface area contributed by atoms with Crippen LogP contribution in [-0.2, 0) is 11.2 Å². The van der Waals surface area contributed by atoms with Crippen LogP contribution >= 0.6 is 0 Å². The van der Waals surface area contributed by atoms with Crippen molar-refractivity contribution in [1.29, 1.82) is 0 Å². The highest BCUT2D eigenvalue weighted by Gasteiger charge is 2.46. The molecule has 4 heteroatoms. The van der Waals surface area contributed by atoms with Gasteiger partial charge in [-0.15, -0.1) is 0 Å². The molecule has 1 aromatic carbocycles. The van der Waals surface area contributed by atoms with Gasteiger partial charge < -0.3 is 10.6 Å². The highest BCUT2D eigenvalue weighted by Crippen LogP contribution is 2.34. The maximum Gasteiger partial charge on any atom is 0.251 e. The van der Waals surface area contributed by atoms with Crippen LogP contribution in [0.5, 0.6) is 0 Å². The van der Waals surface area contributed by atoms with Crippen molar-refractivity contribution in [2.24, 2.45) is 11.3 Å². The molecule has 1 aliphatic rings. The molecule has 1 aliphatic heterocycles. The molecule has 1 atom stereocenters. The molecule has 1 fully saturated rings. The molecular formula is C19H28N2O2. The summed E-state index contributed by atoms with van der Waals surface area (Å²) in [5.41, 5.74) is 1.66. The molecule has 0 spiro atoms. The van der Waals surface area contributed by atoms with Gasteiger partial charge in [-0.2, -0.15) is 0 Å². The van der Waals surface area contributed by atoms with Crippen LogP contribution in [-0.4, -0.2) is 24.4 Å². The first-order valence-electron chi connectivity index (χ1n) is 8.59. The average molecular weight is 316 g/mol. The van der Waals surface area contributed by atoms with Crippen molar-refractivity contribution in [1.82, 2.24) is 10.6 Å². The van der Waals surface area contributed by atoms with Gasteiger partial charge in [-0.05, 0) is 42.9 Å². The number of nitrogens with one attached hydrogen (secondary N) is 2. The monoisotopic (exact) mass is 316 g/mol. The minimum Gasteiger partial charge on any atom is -0.354 e. The lowest BCUT2D eigenvalue weighted by Gasteiger charge is -2.31. The summed E-state index contributed by atoms with van der Waals surface area (Å²) in [5.74, 6) is 0.347. The first kappa shape index (κ1) is 17.5. The SMILES string of the molecule is CCC1(CC)CNC(=O)C1NC(=O)c1ccc(CC(C)C)cc1. The molecule has 2 amide bonds.